The molecule has 0 aliphatic carbocycles. The topological polar surface area (TPSA) is 20.2 Å². The average molecular weight is 264 g/mol. The minimum absolute atomic E-state index is 0.383. The molecule has 0 aromatic heterocycles. The molecule has 0 fully saturated rings. The molecule has 3 aromatic rings. The molecule has 1 heteroatoms. The maximum absolute atomic E-state index is 10.6. The van der Waals surface area contributed by atoms with Crippen molar-refractivity contribution in [1.82, 2.24) is 0 Å². The summed E-state index contributed by atoms with van der Waals surface area (Å²) in [7, 11) is 0. The van der Waals surface area contributed by atoms with Crippen molar-refractivity contribution in [3.05, 3.63) is 60.2 Å². The molecule has 0 saturated heterocycles. The lowest BCUT2D eigenvalue weighted by Crippen LogP contribution is -2.00. The zero-order valence-electron chi connectivity index (χ0n) is 11.8. The third-order valence-corrected chi connectivity index (χ3v) is 3.98. The van der Waals surface area contributed by atoms with E-state index in [2.05, 4.69) is 49.4 Å². The Morgan fingerprint density at radius 2 is 1.45 bits per heavy atom. The number of aliphatic hydroxyl groups is 1. The summed E-state index contributed by atoms with van der Waals surface area (Å²) in [4.78, 5) is 0. The third kappa shape index (κ3) is 2.30. The standard InChI is InChI=1S/C19H20O/c1-2-3-12-18(20)19-16-10-6-4-8-14(16)13-15-9-5-7-11-17(15)19/h4-11,13,18,20H,2-3,12H2,1H3/t18-/m1/s1. The molecule has 0 radical (unpaired) electrons. The summed E-state index contributed by atoms with van der Waals surface area (Å²) < 4.78 is 0. The molecule has 0 aliphatic rings. The third-order valence-electron chi connectivity index (χ3n) is 3.98. The molecule has 1 nitrogen and oxygen atoms in total. The van der Waals surface area contributed by atoms with Crippen LogP contribution >= 0.6 is 0 Å². The Morgan fingerprint density at radius 1 is 0.900 bits per heavy atom. The highest BCUT2D eigenvalue weighted by atomic mass is 16.3. The van der Waals surface area contributed by atoms with Crippen LogP contribution in [0.5, 0.6) is 0 Å². The normalized spacial score (nSPS) is 12.9. The van der Waals surface area contributed by atoms with Gasteiger partial charge in [0.1, 0.15) is 0 Å². The first-order valence-electron chi connectivity index (χ1n) is 7.39. The van der Waals surface area contributed by atoms with Crippen LogP contribution in [0, 0.1) is 0 Å². The number of unbranched alkanes of at least 4 members (excludes halogenated alkanes) is 1. The molecule has 3 aromatic carbocycles. The maximum Gasteiger partial charge on any atom is 0.0802 e. The van der Waals surface area contributed by atoms with Crippen LogP contribution < -0.4 is 0 Å². The Hall–Kier alpha value is -1.86. The molecule has 20 heavy (non-hydrogen) atoms. The van der Waals surface area contributed by atoms with Gasteiger partial charge in [0, 0.05) is 0 Å². The Balaban J connectivity index is 2.27. The second-order valence-corrected chi connectivity index (χ2v) is 5.39. The van der Waals surface area contributed by atoms with Crippen LogP contribution in [0.4, 0.5) is 0 Å². The summed E-state index contributed by atoms with van der Waals surface area (Å²) in [5, 5.41) is 15.4. The van der Waals surface area contributed by atoms with Crippen LogP contribution in [0.1, 0.15) is 37.9 Å². The molecule has 1 N–H and O–H groups in total. The van der Waals surface area contributed by atoms with Crippen LogP contribution in [0.15, 0.2) is 54.6 Å². The summed E-state index contributed by atoms with van der Waals surface area (Å²) in [5.74, 6) is 0. The molecule has 0 aliphatic heterocycles. The van der Waals surface area contributed by atoms with Gasteiger partial charge in [-0.1, -0.05) is 68.3 Å². The monoisotopic (exact) mass is 264 g/mol. The van der Waals surface area contributed by atoms with E-state index in [-0.39, 0.29) is 6.10 Å². The fourth-order valence-corrected chi connectivity index (χ4v) is 2.95. The van der Waals surface area contributed by atoms with Crippen molar-refractivity contribution in [3.8, 4) is 0 Å². The SMILES string of the molecule is CCCC[C@@H](O)c1c2ccccc2cc2ccccc12. The van der Waals surface area contributed by atoms with E-state index in [1.54, 1.807) is 0 Å². The van der Waals surface area contributed by atoms with Crippen LogP contribution in [-0.4, -0.2) is 5.11 Å². The van der Waals surface area contributed by atoms with E-state index in [0.717, 1.165) is 24.8 Å². The first-order valence-corrected chi connectivity index (χ1v) is 7.39. The number of hydrogen-bond acceptors (Lipinski definition) is 1. The van der Waals surface area contributed by atoms with Crippen molar-refractivity contribution in [2.45, 2.75) is 32.3 Å². The number of hydrogen-bond donors (Lipinski definition) is 1. The summed E-state index contributed by atoms with van der Waals surface area (Å²) in [5.41, 5.74) is 1.09. The quantitative estimate of drug-likeness (QED) is 0.641. The zero-order chi connectivity index (χ0) is 13.9. The molecule has 0 saturated carbocycles. The van der Waals surface area contributed by atoms with Gasteiger partial charge in [0.25, 0.3) is 0 Å². The van der Waals surface area contributed by atoms with Gasteiger partial charge in [0.2, 0.25) is 0 Å². The lowest BCUT2D eigenvalue weighted by atomic mass is 9.91. The molecule has 0 amide bonds. The van der Waals surface area contributed by atoms with E-state index in [9.17, 15) is 5.11 Å². The molecular formula is C19H20O. The predicted octanol–water partition coefficient (Wildman–Crippen LogP) is 5.22. The van der Waals surface area contributed by atoms with E-state index >= 15 is 0 Å². The molecule has 102 valence electrons. The lowest BCUT2D eigenvalue weighted by Gasteiger charge is -2.17. The minimum Gasteiger partial charge on any atom is -0.388 e. The van der Waals surface area contributed by atoms with Crippen molar-refractivity contribution in [1.29, 1.82) is 0 Å². The van der Waals surface area contributed by atoms with E-state index in [0.29, 0.717) is 0 Å². The molecule has 1 atom stereocenters. The molecule has 0 heterocycles. The second-order valence-electron chi connectivity index (χ2n) is 5.39. The second kappa shape index (κ2) is 5.64. The maximum atomic E-state index is 10.6. The summed E-state index contributed by atoms with van der Waals surface area (Å²) >= 11 is 0. The molecule has 0 spiro atoms. The zero-order valence-corrected chi connectivity index (χ0v) is 11.8. The van der Waals surface area contributed by atoms with Gasteiger partial charge in [-0.15, -0.1) is 0 Å². The Kier molecular flexibility index (Phi) is 3.70. The van der Waals surface area contributed by atoms with E-state index in [1.165, 1.54) is 21.5 Å². The number of rotatable bonds is 4. The van der Waals surface area contributed by atoms with Crippen molar-refractivity contribution >= 4 is 21.5 Å². The van der Waals surface area contributed by atoms with Gasteiger partial charge >= 0.3 is 0 Å². The smallest absolute Gasteiger partial charge is 0.0802 e. The van der Waals surface area contributed by atoms with Gasteiger partial charge in [-0.25, -0.2) is 0 Å². The van der Waals surface area contributed by atoms with Crippen LogP contribution in [-0.2, 0) is 0 Å². The highest BCUT2D eigenvalue weighted by molar-refractivity contribution is 6.02. The summed E-state index contributed by atoms with van der Waals surface area (Å²) in [6.07, 6.45) is 2.61. The number of aliphatic hydroxyl groups excluding tert-OH is 1. The van der Waals surface area contributed by atoms with Gasteiger partial charge in [0.05, 0.1) is 6.10 Å². The van der Waals surface area contributed by atoms with Crippen LogP contribution in [0.2, 0.25) is 0 Å². The summed E-state index contributed by atoms with van der Waals surface area (Å²) in [6.45, 7) is 2.16. The first kappa shape index (κ1) is 13.1. The van der Waals surface area contributed by atoms with Gasteiger partial charge in [-0.05, 0) is 39.6 Å². The van der Waals surface area contributed by atoms with Gasteiger partial charge in [-0.2, -0.15) is 0 Å². The van der Waals surface area contributed by atoms with Crippen molar-refractivity contribution < 1.29 is 5.11 Å². The van der Waals surface area contributed by atoms with Gasteiger partial charge < -0.3 is 5.11 Å². The number of fused-ring (bicyclic) bond motifs is 2. The highest BCUT2D eigenvalue weighted by Gasteiger charge is 2.14. The largest absolute Gasteiger partial charge is 0.388 e. The first-order chi connectivity index (χ1) is 9.81. The average Bonchev–Trinajstić information content (AvgIpc) is 2.50. The predicted molar refractivity (Wildman–Crippen MR) is 85.9 cm³/mol. The Bertz CT molecular complexity index is 676. The molecule has 0 unspecified atom stereocenters. The van der Waals surface area contributed by atoms with E-state index in [4.69, 9.17) is 0 Å². The van der Waals surface area contributed by atoms with E-state index < -0.39 is 0 Å². The molecular weight excluding hydrogens is 244 g/mol. The molecule has 0 bridgehead atoms. The van der Waals surface area contributed by atoms with E-state index in [1.807, 2.05) is 12.1 Å². The van der Waals surface area contributed by atoms with Crippen molar-refractivity contribution in [2.75, 3.05) is 0 Å². The van der Waals surface area contributed by atoms with Crippen molar-refractivity contribution in [2.24, 2.45) is 0 Å². The van der Waals surface area contributed by atoms with Crippen molar-refractivity contribution in [3.63, 3.8) is 0 Å². The van der Waals surface area contributed by atoms with Gasteiger partial charge in [0.15, 0.2) is 0 Å². The lowest BCUT2D eigenvalue weighted by molar-refractivity contribution is 0.167. The molecule has 3 rings (SSSR count). The fraction of sp³-hybridized carbons (Fsp3) is 0.263. The Morgan fingerprint density at radius 3 is 2.00 bits per heavy atom. The fourth-order valence-electron chi connectivity index (χ4n) is 2.95. The van der Waals surface area contributed by atoms with Crippen LogP contribution in [0.3, 0.4) is 0 Å². The number of benzene rings is 3. The highest BCUT2D eigenvalue weighted by Crippen LogP contribution is 2.34. The van der Waals surface area contributed by atoms with Crippen LogP contribution in [0.25, 0.3) is 21.5 Å². The van der Waals surface area contributed by atoms with Gasteiger partial charge in [-0.3, -0.25) is 0 Å². The summed E-state index contributed by atoms with van der Waals surface area (Å²) in [6, 6.07) is 18.9. The Labute approximate surface area is 119 Å². The minimum atomic E-state index is -0.383.